The molecule has 3 N–H and O–H groups in total. The number of benzene rings is 2. The molecule has 0 unspecified atom stereocenters. The zero-order valence-electron chi connectivity index (χ0n) is 18.2. The third-order valence-electron chi connectivity index (χ3n) is 4.37. The van der Waals surface area contributed by atoms with Crippen LogP contribution in [0.3, 0.4) is 0 Å². The van der Waals surface area contributed by atoms with Crippen LogP contribution in [0.25, 0.3) is 0 Å². The SMILES string of the molecule is CNS(=O)(=O)c1cccc(S(=O)(=O)NNC(=O)c2ccc(OCCC(C)C)c(OC)c2)c1. The number of nitrogens with one attached hydrogen (secondary N) is 3. The van der Waals surface area contributed by atoms with Gasteiger partial charge in [-0.15, -0.1) is 4.83 Å². The number of rotatable bonds is 11. The van der Waals surface area contributed by atoms with Gasteiger partial charge >= 0.3 is 0 Å². The molecule has 0 fully saturated rings. The lowest BCUT2D eigenvalue weighted by atomic mass is 10.1. The molecule has 1 amide bonds. The van der Waals surface area contributed by atoms with Crippen LogP contribution in [0, 0.1) is 5.92 Å². The average molecular weight is 486 g/mol. The van der Waals surface area contributed by atoms with Crippen LogP contribution in [0.1, 0.15) is 30.6 Å². The average Bonchev–Trinajstić information content (AvgIpc) is 2.77. The number of ether oxygens (including phenoxy) is 2. The van der Waals surface area contributed by atoms with E-state index in [-0.39, 0.29) is 15.4 Å². The van der Waals surface area contributed by atoms with Crippen LogP contribution in [-0.2, 0) is 20.0 Å². The van der Waals surface area contributed by atoms with Crippen LogP contribution in [0.5, 0.6) is 11.5 Å². The van der Waals surface area contributed by atoms with E-state index in [1.807, 2.05) is 4.83 Å². The summed E-state index contributed by atoms with van der Waals surface area (Å²) in [5, 5.41) is 0. The molecule has 0 aliphatic heterocycles. The first-order valence-corrected chi connectivity index (χ1v) is 12.6. The van der Waals surface area contributed by atoms with Crippen molar-refractivity contribution < 1.29 is 31.1 Å². The number of carbonyl (C=O) groups excluding carboxylic acids is 1. The van der Waals surface area contributed by atoms with Gasteiger partial charge in [-0.2, -0.15) is 0 Å². The molecule has 0 bridgehead atoms. The van der Waals surface area contributed by atoms with Crippen LogP contribution in [-0.4, -0.2) is 43.5 Å². The quantitative estimate of drug-likeness (QED) is 0.411. The van der Waals surface area contributed by atoms with Crippen LogP contribution in [0.2, 0.25) is 0 Å². The molecule has 32 heavy (non-hydrogen) atoms. The third-order valence-corrected chi connectivity index (χ3v) is 7.03. The molecule has 10 nitrogen and oxygen atoms in total. The predicted molar refractivity (Wildman–Crippen MR) is 118 cm³/mol. The Bertz CT molecular complexity index is 1160. The summed E-state index contributed by atoms with van der Waals surface area (Å²) in [6.07, 6.45) is 0.851. The first kappa shape index (κ1) is 25.6. The standard InChI is InChI=1S/C20H27N3O7S2/c1-14(2)10-11-30-18-9-8-15(12-19(18)29-4)20(24)22-23-32(27,28)17-7-5-6-16(13-17)31(25,26)21-3/h5-9,12-14,21,23H,10-11H2,1-4H3,(H,22,24). The van der Waals surface area contributed by atoms with E-state index >= 15 is 0 Å². The maximum atomic E-state index is 12.5. The molecule has 176 valence electrons. The van der Waals surface area contributed by atoms with Crippen molar-refractivity contribution in [2.24, 2.45) is 5.92 Å². The lowest BCUT2D eigenvalue weighted by molar-refractivity contribution is 0.0944. The highest BCUT2D eigenvalue weighted by Crippen LogP contribution is 2.28. The molecule has 0 saturated heterocycles. The molecule has 0 saturated carbocycles. The Morgan fingerprint density at radius 2 is 1.62 bits per heavy atom. The summed E-state index contributed by atoms with van der Waals surface area (Å²) in [5.74, 6) is 0.528. The Labute approximate surface area is 188 Å². The number of hydrazine groups is 1. The van der Waals surface area contributed by atoms with Crippen molar-refractivity contribution >= 4 is 26.0 Å². The molecule has 0 spiro atoms. The summed E-state index contributed by atoms with van der Waals surface area (Å²) in [4.78, 5) is 13.8. The molecule has 12 heteroatoms. The van der Waals surface area contributed by atoms with E-state index < -0.39 is 26.0 Å². The molecule has 0 heterocycles. The number of sulfonamides is 2. The largest absolute Gasteiger partial charge is 0.493 e. The van der Waals surface area contributed by atoms with Gasteiger partial charge in [-0.1, -0.05) is 19.9 Å². The molecule has 2 aromatic rings. The Hall–Kier alpha value is -2.67. The van der Waals surface area contributed by atoms with Crippen molar-refractivity contribution in [3.05, 3.63) is 48.0 Å². The molecular formula is C20H27N3O7S2. The van der Waals surface area contributed by atoms with E-state index in [4.69, 9.17) is 9.47 Å². The van der Waals surface area contributed by atoms with Crippen LogP contribution < -0.4 is 24.5 Å². The molecule has 2 aromatic carbocycles. The fourth-order valence-electron chi connectivity index (χ4n) is 2.50. The van der Waals surface area contributed by atoms with Crippen molar-refractivity contribution in [3.8, 4) is 11.5 Å². The number of hydrogen-bond donors (Lipinski definition) is 3. The highest BCUT2D eigenvalue weighted by Gasteiger charge is 2.20. The molecular weight excluding hydrogens is 458 g/mol. The van der Waals surface area contributed by atoms with Crippen molar-refractivity contribution in [2.45, 2.75) is 30.1 Å². The molecule has 0 aliphatic carbocycles. The minimum absolute atomic E-state index is 0.132. The van der Waals surface area contributed by atoms with E-state index in [0.717, 1.165) is 12.5 Å². The van der Waals surface area contributed by atoms with Gasteiger partial charge in [-0.3, -0.25) is 10.2 Å². The van der Waals surface area contributed by atoms with Crippen molar-refractivity contribution in [1.29, 1.82) is 0 Å². The summed E-state index contributed by atoms with van der Waals surface area (Å²) in [6, 6.07) is 9.17. The summed E-state index contributed by atoms with van der Waals surface area (Å²) >= 11 is 0. The number of amides is 1. The lowest BCUT2D eigenvalue weighted by Gasteiger charge is -2.13. The second kappa shape index (κ2) is 10.8. The molecule has 0 radical (unpaired) electrons. The zero-order valence-corrected chi connectivity index (χ0v) is 19.8. The van der Waals surface area contributed by atoms with Crippen LogP contribution in [0.4, 0.5) is 0 Å². The summed E-state index contributed by atoms with van der Waals surface area (Å²) < 4.78 is 61.8. The van der Waals surface area contributed by atoms with Gasteiger partial charge in [0, 0.05) is 5.56 Å². The van der Waals surface area contributed by atoms with Gasteiger partial charge in [-0.25, -0.2) is 21.6 Å². The van der Waals surface area contributed by atoms with E-state index in [1.165, 1.54) is 44.5 Å². The van der Waals surface area contributed by atoms with Gasteiger partial charge in [0.05, 0.1) is 23.5 Å². The Kier molecular flexibility index (Phi) is 8.61. The van der Waals surface area contributed by atoms with Gasteiger partial charge in [0.2, 0.25) is 10.0 Å². The maximum Gasteiger partial charge on any atom is 0.266 e. The second-order valence-corrected chi connectivity index (χ2v) is 10.7. The minimum atomic E-state index is -4.23. The number of hydrogen-bond acceptors (Lipinski definition) is 7. The van der Waals surface area contributed by atoms with Gasteiger partial charge < -0.3 is 9.47 Å². The molecule has 0 atom stereocenters. The fraction of sp³-hybridized carbons (Fsp3) is 0.350. The Morgan fingerprint density at radius 1 is 0.969 bits per heavy atom. The Morgan fingerprint density at radius 3 is 2.22 bits per heavy atom. The predicted octanol–water partition coefficient (Wildman–Crippen LogP) is 1.65. The first-order valence-electron chi connectivity index (χ1n) is 9.66. The van der Waals surface area contributed by atoms with E-state index in [9.17, 15) is 21.6 Å². The van der Waals surface area contributed by atoms with Crippen LogP contribution in [0.15, 0.2) is 52.3 Å². The normalized spacial score (nSPS) is 11.9. The monoisotopic (exact) mass is 485 g/mol. The van der Waals surface area contributed by atoms with Gasteiger partial charge in [0.15, 0.2) is 11.5 Å². The molecule has 0 aliphatic rings. The van der Waals surface area contributed by atoms with Gasteiger partial charge in [-0.05, 0) is 55.8 Å². The van der Waals surface area contributed by atoms with Crippen molar-refractivity contribution in [1.82, 2.24) is 15.0 Å². The topological polar surface area (TPSA) is 140 Å². The lowest BCUT2D eigenvalue weighted by Crippen LogP contribution is -2.41. The fourth-order valence-corrected chi connectivity index (χ4v) is 4.24. The molecule has 2 rings (SSSR count). The smallest absolute Gasteiger partial charge is 0.266 e. The summed E-state index contributed by atoms with van der Waals surface area (Å²) in [6.45, 7) is 4.64. The number of methoxy groups -OCH3 is 1. The van der Waals surface area contributed by atoms with E-state index in [0.29, 0.717) is 24.0 Å². The zero-order chi connectivity index (χ0) is 23.9. The minimum Gasteiger partial charge on any atom is -0.493 e. The second-order valence-electron chi connectivity index (χ2n) is 7.14. The maximum absolute atomic E-state index is 12.5. The van der Waals surface area contributed by atoms with Gasteiger partial charge in [0.1, 0.15) is 0 Å². The highest BCUT2D eigenvalue weighted by atomic mass is 32.2. The molecule has 0 aromatic heterocycles. The van der Waals surface area contributed by atoms with Gasteiger partial charge in [0.25, 0.3) is 15.9 Å². The van der Waals surface area contributed by atoms with Crippen LogP contribution >= 0.6 is 0 Å². The summed E-state index contributed by atoms with van der Waals surface area (Å²) in [7, 11) is -5.42. The highest BCUT2D eigenvalue weighted by molar-refractivity contribution is 7.90. The number of carbonyl (C=O) groups is 1. The third kappa shape index (κ3) is 6.66. The first-order chi connectivity index (χ1) is 15.0. The Balaban J connectivity index is 2.12. The van der Waals surface area contributed by atoms with E-state index in [1.54, 1.807) is 6.07 Å². The van der Waals surface area contributed by atoms with Crippen molar-refractivity contribution in [3.63, 3.8) is 0 Å². The summed E-state index contributed by atoms with van der Waals surface area (Å²) in [5.41, 5.74) is 2.23. The van der Waals surface area contributed by atoms with E-state index in [2.05, 4.69) is 24.0 Å². The van der Waals surface area contributed by atoms with Crippen molar-refractivity contribution in [2.75, 3.05) is 20.8 Å².